The van der Waals surface area contributed by atoms with Gasteiger partial charge >= 0.3 is 0 Å². The van der Waals surface area contributed by atoms with Gasteiger partial charge in [-0.3, -0.25) is 4.79 Å². The van der Waals surface area contributed by atoms with E-state index in [0.717, 1.165) is 14.9 Å². The van der Waals surface area contributed by atoms with Crippen LogP contribution >= 0.6 is 0 Å². The lowest BCUT2D eigenvalue weighted by Gasteiger charge is -2.25. The second-order valence-corrected chi connectivity index (χ2v) is 11.2. The van der Waals surface area contributed by atoms with E-state index in [-0.39, 0.29) is 18.0 Å². The number of benzene rings is 2. The molecule has 0 fully saturated rings. The molecule has 0 heterocycles. The summed E-state index contributed by atoms with van der Waals surface area (Å²) in [6.07, 6.45) is 1.04. The molecule has 0 unspecified atom stereocenters. The average molecular weight is 470 g/mol. The van der Waals surface area contributed by atoms with E-state index < -0.39 is 32.0 Å². The van der Waals surface area contributed by atoms with E-state index in [0.29, 0.717) is 11.3 Å². The fourth-order valence-corrected chi connectivity index (χ4v) is 4.21. The summed E-state index contributed by atoms with van der Waals surface area (Å²) in [5.74, 6) is -0.0324. The van der Waals surface area contributed by atoms with Crippen molar-refractivity contribution in [3.05, 3.63) is 60.2 Å². The monoisotopic (exact) mass is 469 g/mol. The van der Waals surface area contributed by atoms with E-state index >= 15 is 0 Å². The van der Waals surface area contributed by atoms with Gasteiger partial charge in [0.1, 0.15) is 18.4 Å². The topological polar surface area (TPSA) is 113 Å². The highest BCUT2D eigenvalue weighted by atomic mass is 32.2. The molecule has 1 atom stereocenters. The minimum atomic E-state index is -3.60. The lowest BCUT2D eigenvalue weighted by atomic mass is 10.1. The Morgan fingerprint density at radius 2 is 1.55 bits per heavy atom. The zero-order valence-corrected chi connectivity index (χ0v) is 19.5. The maximum absolute atomic E-state index is 12.7. The van der Waals surface area contributed by atoms with Gasteiger partial charge in [-0.25, -0.2) is 21.1 Å². The van der Waals surface area contributed by atoms with Crippen LogP contribution in [0.5, 0.6) is 5.75 Å². The second-order valence-electron chi connectivity index (χ2n) is 6.99. The first-order chi connectivity index (χ1) is 14.4. The Morgan fingerprint density at radius 1 is 0.968 bits per heavy atom. The summed E-state index contributed by atoms with van der Waals surface area (Å²) in [5, 5.41) is 2.68. The van der Waals surface area contributed by atoms with Gasteiger partial charge in [0, 0.05) is 21.1 Å². The van der Waals surface area contributed by atoms with E-state index in [4.69, 9.17) is 4.74 Å². The molecule has 1 N–H and O–H groups in total. The van der Waals surface area contributed by atoms with Gasteiger partial charge in [-0.1, -0.05) is 30.3 Å². The van der Waals surface area contributed by atoms with Crippen molar-refractivity contribution in [2.24, 2.45) is 0 Å². The van der Waals surface area contributed by atoms with E-state index in [9.17, 15) is 21.6 Å². The van der Waals surface area contributed by atoms with Crippen molar-refractivity contribution in [1.29, 1.82) is 0 Å². The number of carbonyl (C=O) groups excluding carboxylic acids is 1. The quantitative estimate of drug-likeness (QED) is 0.521. The van der Waals surface area contributed by atoms with Gasteiger partial charge in [0.25, 0.3) is 0 Å². The van der Waals surface area contributed by atoms with Crippen LogP contribution in [0.25, 0.3) is 0 Å². The molecule has 0 aromatic heterocycles. The first-order valence-corrected chi connectivity index (χ1v) is 12.6. The first kappa shape index (κ1) is 24.8. The molecule has 31 heavy (non-hydrogen) atoms. The number of rotatable bonds is 10. The van der Waals surface area contributed by atoms with Crippen LogP contribution in [0.3, 0.4) is 0 Å². The summed E-state index contributed by atoms with van der Waals surface area (Å²) >= 11 is 0. The van der Waals surface area contributed by atoms with Gasteiger partial charge in [0.05, 0.1) is 17.7 Å². The zero-order valence-electron chi connectivity index (χ0n) is 17.8. The van der Waals surface area contributed by atoms with Crippen LogP contribution in [0.2, 0.25) is 0 Å². The van der Waals surface area contributed by atoms with Crippen LogP contribution in [0.1, 0.15) is 11.6 Å². The molecular weight excluding hydrogens is 442 g/mol. The Hall–Kier alpha value is -2.47. The summed E-state index contributed by atoms with van der Waals surface area (Å²) < 4.78 is 55.8. The molecule has 0 saturated carbocycles. The second kappa shape index (κ2) is 10.2. The number of amides is 1. The molecule has 170 valence electrons. The molecule has 0 aliphatic heterocycles. The average Bonchev–Trinajstić information content (AvgIpc) is 2.71. The Bertz CT molecular complexity index is 1090. The van der Waals surface area contributed by atoms with Crippen molar-refractivity contribution in [2.45, 2.75) is 10.9 Å². The molecular formula is C20H27N3O6S2. The van der Waals surface area contributed by atoms with Crippen molar-refractivity contribution in [3.8, 4) is 5.75 Å². The van der Waals surface area contributed by atoms with Crippen molar-refractivity contribution in [1.82, 2.24) is 13.9 Å². The van der Waals surface area contributed by atoms with Crippen LogP contribution < -0.4 is 10.1 Å². The lowest BCUT2D eigenvalue weighted by Crippen LogP contribution is -2.42. The Morgan fingerprint density at radius 3 is 2.06 bits per heavy atom. The number of likely N-dealkylation sites (N-methyl/N-ethyl adjacent to an activating group) is 1. The van der Waals surface area contributed by atoms with Gasteiger partial charge in [-0.05, 0) is 29.8 Å². The molecule has 0 saturated heterocycles. The van der Waals surface area contributed by atoms with Crippen LogP contribution in [-0.2, 0) is 24.8 Å². The van der Waals surface area contributed by atoms with Gasteiger partial charge in [0.15, 0.2) is 0 Å². The maximum Gasteiger partial charge on any atom is 0.243 e. The summed E-state index contributed by atoms with van der Waals surface area (Å²) in [6, 6.07) is 13.5. The Kier molecular flexibility index (Phi) is 8.18. The Balaban J connectivity index is 1.98. The van der Waals surface area contributed by atoms with Crippen LogP contribution in [0.15, 0.2) is 59.5 Å². The van der Waals surface area contributed by atoms with Crippen LogP contribution in [-0.4, -0.2) is 71.9 Å². The maximum atomic E-state index is 12.7. The summed E-state index contributed by atoms with van der Waals surface area (Å²) in [4.78, 5) is 12.9. The summed E-state index contributed by atoms with van der Waals surface area (Å²) in [6.45, 7) is 0.257. The van der Waals surface area contributed by atoms with Gasteiger partial charge in [-0.2, -0.15) is 4.31 Å². The van der Waals surface area contributed by atoms with Crippen LogP contribution in [0.4, 0.5) is 0 Å². The van der Waals surface area contributed by atoms with Crippen molar-refractivity contribution in [2.75, 3.05) is 40.6 Å². The minimum Gasteiger partial charge on any atom is -0.492 e. The van der Waals surface area contributed by atoms with Gasteiger partial charge in [0.2, 0.25) is 26.0 Å². The standard InChI is InChI=1S/C20H27N3O6S2/c1-22(2)31(27,28)18-12-10-17(11-13-18)29-15-14-21-20(24)19(23(3)30(4,25)26)16-8-6-5-7-9-16/h5-13,19H,14-15H2,1-4H3,(H,21,24)/t19-/m0/s1. The normalized spacial score (nSPS) is 13.2. The number of carbonyl (C=O) groups is 1. The number of hydrogen-bond donors (Lipinski definition) is 1. The molecule has 0 aliphatic carbocycles. The van der Waals surface area contributed by atoms with E-state index in [2.05, 4.69) is 5.32 Å². The highest BCUT2D eigenvalue weighted by Crippen LogP contribution is 2.22. The molecule has 1 amide bonds. The Labute approximate surface area is 183 Å². The number of nitrogens with one attached hydrogen (secondary N) is 1. The van der Waals surface area contributed by atoms with Crippen molar-refractivity contribution < 1.29 is 26.4 Å². The molecule has 2 aromatic rings. The predicted octanol–water partition coefficient (Wildman–Crippen LogP) is 1.06. The minimum absolute atomic E-state index is 0.121. The molecule has 2 aromatic carbocycles. The van der Waals surface area contributed by atoms with Gasteiger partial charge < -0.3 is 10.1 Å². The highest BCUT2D eigenvalue weighted by molar-refractivity contribution is 7.89. The van der Waals surface area contributed by atoms with Gasteiger partial charge in [-0.15, -0.1) is 0 Å². The largest absolute Gasteiger partial charge is 0.492 e. The smallest absolute Gasteiger partial charge is 0.243 e. The molecule has 2 rings (SSSR count). The van der Waals surface area contributed by atoms with Crippen molar-refractivity contribution in [3.63, 3.8) is 0 Å². The predicted molar refractivity (Wildman–Crippen MR) is 118 cm³/mol. The molecule has 0 radical (unpaired) electrons. The summed E-state index contributed by atoms with van der Waals surface area (Å²) in [7, 11) is -2.87. The fourth-order valence-electron chi connectivity index (χ4n) is 2.71. The van der Waals surface area contributed by atoms with Crippen LogP contribution in [0, 0.1) is 0 Å². The zero-order chi connectivity index (χ0) is 23.2. The third-order valence-electron chi connectivity index (χ3n) is 4.52. The summed E-state index contributed by atoms with van der Waals surface area (Å²) in [5.41, 5.74) is 0.548. The fraction of sp³-hybridized carbons (Fsp3) is 0.350. The number of nitrogens with zero attached hydrogens (tertiary/aromatic N) is 2. The third kappa shape index (κ3) is 6.50. The molecule has 11 heteroatoms. The number of ether oxygens (including phenoxy) is 1. The lowest BCUT2D eigenvalue weighted by molar-refractivity contribution is -0.124. The van der Waals surface area contributed by atoms with E-state index in [1.54, 1.807) is 30.3 Å². The van der Waals surface area contributed by atoms with Crippen molar-refractivity contribution >= 4 is 26.0 Å². The molecule has 9 nitrogen and oxygen atoms in total. The number of hydrogen-bond acceptors (Lipinski definition) is 6. The molecule has 0 spiro atoms. The number of sulfonamides is 2. The SMILES string of the molecule is CN([C@H](C(=O)NCCOc1ccc(S(=O)(=O)N(C)C)cc1)c1ccccc1)S(C)(=O)=O. The molecule has 0 aliphatic rings. The molecule has 0 bridgehead atoms. The van der Waals surface area contributed by atoms with E-state index in [1.807, 2.05) is 0 Å². The first-order valence-electron chi connectivity index (χ1n) is 9.35. The van der Waals surface area contributed by atoms with E-state index in [1.165, 1.54) is 45.4 Å². The third-order valence-corrected chi connectivity index (χ3v) is 7.61. The highest BCUT2D eigenvalue weighted by Gasteiger charge is 2.30.